The molecular formula is C13H18Cl2FN3O3S. The van der Waals surface area contributed by atoms with Crippen molar-refractivity contribution in [2.24, 2.45) is 0 Å². The first-order chi connectivity index (χ1) is 10.3. The van der Waals surface area contributed by atoms with Crippen molar-refractivity contribution in [2.45, 2.75) is 30.7 Å². The monoisotopic (exact) mass is 385 g/mol. The van der Waals surface area contributed by atoms with E-state index in [1.807, 2.05) is 0 Å². The van der Waals surface area contributed by atoms with Gasteiger partial charge in [0.05, 0.1) is 10.7 Å². The minimum absolute atomic E-state index is 0. The SMILES string of the molecule is CC(=O)Nc1cc(F)c(S(=O)(=O)NC2CCCNC2)cc1Cl.Cl. The predicted octanol–water partition coefficient (Wildman–Crippen LogP) is 1.89. The molecule has 1 unspecified atom stereocenters. The standard InChI is InChI=1S/C13H17ClFN3O3S.ClH/c1-8(19)17-12-6-11(15)13(5-10(12)14)22(20,21)18-9-3-2-4-16-7-9;/h5-6,9,16,18H,2-4,7H2,1H3,(H,17,19);1H. The summed E-state index contributed by atoms with van der Waals surface area (Å²) in [5.41, 5.74) is 0.0324. The predicted molar refractivity (Wildman–Crippen MR) is 89.2 cm³/mol. The fraction of sp³-hybridized carbons (Fsp3) is 0.462. The number of rotatable bonds is 4. The molecule has 0 aromatic heterocycles. The lowest BCUT2D eigenvalue weighted by Crippen LogP contribution is -2.45. The molecule has 1 saturated heterocycles. The molecule has 3 N–H and O–H groups in total. The third-order valence-electron chi connectivity index (χ3n) is 3.24. The van der Waals surface area contributed by atoms with Crippen molar-refractivity contribution < 1.29 is 17.6 Å². The zero-order chi connectivity index (χ0) is 16.3. The molecule has 0 saturated carbocycles. The Bertz CT molecular complexity index is 679. The van der Waals surface area contributed by atoms with Gasteiger partial charge in [0, 0.05) is 25.6 Å². The Kier molecular flexibility index (Phi) is 7.22. The number of anilines is 1. The molecule has 130 valence electrons. The number of sulfonamides is 1. The van der Waals surface area contributed by atoms with Gasteiger partial charge in [0.2, 0.25) is 15.9 Å². The van der Waals surface area contributed by atoms with Crippen LogP contribution in [0.1, 0.15) is 19.8 Å². The van der Waals surface area contributed by atoms with E-state index in [4.69, 9.17) is 11.6 Å². The molecule has 0 spiro atoms. The number of hydrogen-bond acceptors (Lipinski definition) is 4. The van der Waals surface area contributed by atoms with E-state index in [9.17, 15) is 17.6 Å². The van der Waals surface area contributed by atoms with Crippen LogP contribution in [0, 0.1) is 5.82 Å². The summed E-state index contributed by atoms with van der Waals surface area (Å²) in [5.74, 6) is -1.40. The quantitative estimate of drug-likeness (QED) is 0.738. The first-order valence-electron chi connectivity index (χ1n) is 6.79. The molecule has 10 heteroatoms. The van der Waals surface area contributed by atoms with Gasteiger partial charge in [-0.1, -0.05) is 11.6 Å². The van der Waals surface area contributed by atoms with Gasteiger partial charge in [-0.2, -0.15) is 0 Å². The van der Waals surface area contributed by atoms with E-state index in [-0.39, 0.29) is 29.2 Å². The van der Waals surface area contributed by atoms with Gasteiger partial charge in [-0.05, 0) is 25.5 Å². The van der Waals surface area contributed by atoms with Gasteiger partial charge in [0.15, 0.2) is 0 Å². The molecule has 1 atom stereocenters. The third-order valence-corrected chi connectivity index (χ3v) is 5.09. The summed E-state index contributed by atoms with van der Waals surface area (Å²) >= 11 is 5.91. The fourth-order valence-electron chi connectivity index (χ4n) is 2.26. The normalized spacial score (nSPS) is 18.1. The summed E-state index contributed by atoms with van der Waals surface area (Å²) in [5, 5.41) is 5.37. The van der Waals surface area contributed by atoms with Gasteiger partial charge in [0.1, 0.15) is 10.7 Å². The Morgan fingerprint density at radius 1 is 1.43 bits per heavy atom. The summed E-state index contributed by atoms with van der Waals surface area (Å²) in [6.07, 6.45) is 1.53. The van der Waals surface area contributed by atoms with Gasteiger partial charge >= 0.3 is 0 Å². The van der Waals surface area contributed by atoms with Crippen LogP contribution in [-0.4, -0.2) is 33.5 Å². The highest BCUT2D eigenvalue weighted by Crippen LogP contribution is 2.28. The number of hydrogen-bond donors (Lipinski definition) is 3. The van der Waals surface area contributed by atoms with Crippen LogP contribution in [-0.2, 0) is 14.8 Å². The van der Waals surface area contributed by atoms with E-state index in [1.165, 1.54) is 6.92 Å². The van der Waals surface area contributed by atoms with E-state index >= 15 is 0 Å². The molecule has 1 aliphatic rings. The number of benzene rings is 1. The topological polar surface area (TPSA) is 87.3 Å². The minimum atomic E-state index is -4.02. The van der Waals surface area contributed by atoms with Crippen LogP contribution < -0.4 is 15.4 Å². The van der Waals surface area contributed by atoms with Crippen LogP contribution in [0.25, 0.3) is 0 Å². The summed E-state index contributed by atoms with van der Waals surface area (Å²) in [6, 6.07) is 1.62. The van der Waals surface area contributed by atoms with Gasteiger partial charge < -0.3 is 10.6 Å². The summed E-state index contributed by atoms with van der Waals surface area (Å²) in [4.78, 5) is 10.5. The smallest absolute Gasteiger partial charge is 0.243 e. The van der Waals surface area contributed by atoms with Crippen LogP contribution in [0.3, 0.4) is 0 Å². The molecule has 1 amide bonds. The Labute approximate surface area is 145 Å². The molecule has 1 aliphatic heterocycles. The first kappa shape index (κ1) is 20.1. The zero-order valence-electron chi connectivity index (χ0n) is 12.4. The average Bonchev–Trinajstić information content (AvgIpc) is 2.42. The van der Waals surface area contributed by atoms with Crippen LogP contribution >= 0.6 is 24.0 Å². The Hall–Kier alpha value is -0.930. The second-order valence-corrected chi connectivity index (χ2v) is 7.20. The molecule has 0 radical (unpaired) electrons. The van der Waals surface area contributed by atoms with Crippen molar-refractivity contribution in [2.75, 3.05) is 18.4 Å². The highest BCUT2D eigenvalue weighted by atomic mass is 35.5. The lowest BCUT2D eigenvalue weighted by Gasteiger charge is -2.23. The molecule has 1 aromatic carbocycles. The van der Waals surface area contributed by atoms with Crippen LogP contribution in [0.4, 0.5) is 10.1 Å². The Balaban J connectivity index is 0.00000264. The van der Waals surface area contributed by atoms with Crippen molar-refractivity contribution >= 4 is 45.6 Å². The summed E-state index contributed by atoms with van der Waals surface area (Å²) in [7, 11) is -4.02. The molecule has 2 rings (SSSR count). The molecule has 6 nitrogen and oxygen atoms in total. The Morgan fingerprint density at radius 2 is 2.13 bits per heavy atom. The lowest BCUT2D eigenvalue weighted by atomic mass is 10.1. The number of halogens is 3. The maximum absolute atomic E-state index is 14.1. The average molecular weight is 386 g/mol. The second-order valence-electron chi connectivity index (χ2n) is 5.11. The van der Waals surface area contributed by atoms with Crippen LogP contribution in [0.15, 0.2) is 17.0 Å². The van der Waals surface area contributed by atoms with Crippen molar-refractivity contribution in [1.29, 1.82) is 0 Å². The number of amides is 1. The van der Waals surface area contributed by atoms with E-state index in [0.717, 1.165) is 25.1 Å². The lowest BCUT2D eigenvalue weighted by molar-refractivity contribution is -0.114. The van der Waals surface area contributed by atoms with E-state index < -0.39 is 26.6 Å². The van der Waals surface area contributed by atoms with Crippen molar-refractivity contribution in [1.82, 2.24) is 10.0 Å². The summed E-state index contributed by atoms with van der Waals surface area (Å²) < 4.78 is 41.1. The molecular weight excluding hydrogens is 368 g/mol. The van der Waals surface area contributed by atoms with Crippen molar-refractivity contribution in [3.8, 4) is 0 Å². The molecule has 1 aromatic rings. The summed E-state index contributed by atoms with van der Waals surface area (Å²) in [6.45, 7) is 2.58. The second kappa shape index (κ2) is 8.25. The van der Waals surface area contributed by atoms with Crippen LogP contribution in [0.5, 0.6) is 0 Å². The number of nitrogens with one attached hydrogen (secondary N) is 3. The third kappa shape index (κ3) is 5.29. The molecule has 23 heavy (non-hydrogen) atoms. The first-order valence-corrected chi connectivity index (χ1v) is 8.65. The molecule has 1 fully saturated rings. The molecule has 0 aliphatic carbocycles. The highest BCUT2D eigenvalue weighted by Gasteiger charge is 2.25. The van der Waals surface area contributed by atoms with Gasteiger partial charge in [0.25, 0.3) is 0 Å². The molecule has 0 bridgehead atoms. The zero-order valence-corrected chi connectivity index (χ0v) is 14.7. The van der Waals surface area contributed by atoms with Gasteiger partial charge in [-0.25, -0.2) is 17.5 Å². The number of carbonyl (C=O) groups excluding carboxylic acids is 1. The van der Waals surface area contributed by atoms with E-state index in [0.29, 0.717) is 13.0 Å². The van der Waals surface area contributed by atoms with Gasteiger partial charge in [-0.15, -0.1) is 12.4 Å². The number of carbonyl (C=O) groups is 1. The molecule has 1 heterocycles. The highest BCUT2D eigenvalue weighted by molar-refractivity contribution is 7.89. The van der Waals surface area contributed by atoms with Crippen molar-refractivity contribution in [3.05, 3.63) is 23.0 Å². The maximum atomic E-state index is 14.1. The van der Waals surface area contributed by atoms with Crippen LogP contribution in [0.2, 0.25) is 5.02 Å². The van der Waals surface area contributed by atoms with E-state index in [1.54, 1.807) is 0 Å². The fourth-order valence-corrected chi connectivity index (χ4v) is 3.89. The number of piperidine rings is 1. The minimum Gasteiger partial charge on any atom is -0.325 e. The van der Waals surface area contributed by atoms with Crippen molar-refractivity contribution in [3.63, 3.8) is 0 Å². The Morgan fingerprint density at radius 3 is 2.70 bits per heavy atom. The van der Waals surface area contributed by atoms with Gasteiger partial charge in [-0.3, -0.25) is 4.79 Å². The largest absolute Gasteiger partial charge is 0.325 e. The maximum Gasteiger partial charge on any atom is 0.243 e. The van der Waals surface area contributed by atoms with E-state index in [2.05, 4.69) is 15.4 Å².